The lowest BCUT2D eigenvalue weighted by atomic mass is 10.0. The molecule has 1 saturated heterocycles. The van der Waals surface area contributed by atoms with E-state index in [1.165, 1.54) is 18.2 Å². The minimum absolute atomic E-state index is 0.0520. The van der Waals surface area contributed by atoms with E-state index in [0.717, 1.165) is 4.90 Å². The van der Waals surface area contributed by atoms with Crippen LogP contribution in [0.2, 0.25) is 0 Å². The quantitative estimate of drug-likeness (QED) is 0.518. The van der Waals surface area contributed by atoms with Gasteiger partial charge in [0.05, 0.1) is 16.8 Å². The van der Waals surface area contributed by atoms with Crippen molar-refractivity contribution in [1.82, 2.24) is 15.6 Å². The lowest BCUT2D eigenvalue weighted by molar-refractivity contribution is -0.136. The normalized spacial score (nSPS) is 19.2. The summed E-state index contributed by atoms with van der Waals surface area (Å²) in [6, 6.07) is 3.32. The average Bonchev–Trinajstić information content (AvgIpc) is 2.83. The molecule has 0 saturated carbocycles. The maximum Gasteiger partial charge on any atom is 0.426 e. The van der Waals surface area contributed by atoms with Crippen LogP contribution in [0.5, 0.6) is 0 Å². The first-order valence-corrected chi connectivity index (χ1v) is 8.67. The van der Waals surface area contributed by atoms with Crippen LogP contribution in [0, 0.1) is 0 Å². The molecular formula is C18H20N4O6. The van der Waals surface area contributed by atoms with Gasteiger partial charge in [0.15, 0.2) is 0 Å². The van der Waals surface area contributed by atoms with E-state index in [-0.39, 0.29) is 24.0 Å². The summed E-state index contributed by atoms with van der Waals surface area (Å²) >= 11 is 0. The van der Waals surface area contributed by atoms with Crippen molar-refractivity contribution in [3.05, 3.63) is 29.3 Å². The molecule has 28 heavy (non-hydrogen) atoms. The molecule has 1 aromatic carbocycles. The first-order chi connectivity index (χ1) is 13.1. The largest absolute Gasteiger partial charge is 0.443 e. The van der Waals surface area contributed by atoms with Crippen molar-refractivity contribution in [1.29, 1.82) is 0 Å². The zero-order valence-corrected chi connectivity index (χ0v) is 15.6. The second kappa shape index (κ2) is 6.95. The van der Waals surface area contributed by atoms with Gasteiger partial charge in [0.1, 0.15) is 11.6 Å². The Balaban J connectivity index is 1.74. The fourth-order valence-electron chi connectivity index (χ4n) is 2.98. The average molecular weight is 388 g/mol. The third-order valence-corrected chi connectivity index (χ3v) is 4.15. The Kier molecular flexibility index (Phi) is 4.80. The number of rotatable bonds is 3. The number of carbonyl (C=O) groups is 5. The number of hydrogen-bond acceptors (Lipinski definition) is 7. The van der Waals surface area contributed by atoms with Gasteiger partial charge in [-0.15, -0.1) is 0 Å². The maximum absolute atomic E-state index is 12.7. The lowest BCUT2D eigenvalue weighted by Gasteiger charge is -2.27. The summed E-state index contributed by atoms with van der Waals surface area (Å²) in [6.07, 6.45) is -0.571. The van der Waals surface area contributed by atoms with E-state index in [4.69, 9.17) is 4.74 Å². The van der Waals surface area contributed by atoms with Crippen molar-refractivity contribution in [2.75, 3.05) is 5.43 Å². The summed E-state index contributed by atoms with van der Waals surface area (Å²) in [6.45, 7) is 5.15. The summed E-state index contributed by atoms with van der Waals surface area (Å²) in [7, 11) is 0. The van der Waals surface area contributed by atoms with Crippen molar-refractivity contribution in [2.45, 2.75) is 45.3 Å². The number of benzene rings is 1. The number of nitrogens with zero attached hydrogens (tertiary/aromatic N) is 1. The third kappa shape index (κ3) is 3.80. The maximum atomic E-state index is 12.7. The molecule has 1 unspecified atom stereocenters. The summed E-state index contributed by atoms with van der Waals surface area (Å²) in [5.41, 5.74) is 4.89. The van der Waals surface area contributed by atoms with Gasteiger partial charge in [0.2, 0.25) is 11.8 Å². The highest BCUT2D eigenvalue weighted by molar-refractivity contribution is 6.23. The van der Waals surface area contributed by atoms with Crippen LogP contribution in [0.15, 0.2) is 18.2 Å². The summed E-state index contributed by atoms with van der Waals surface area (Å²) < 4.78 is 5.09. The molecule has 0 spiro atoms. The Bertz CT molecular complexity index is 889. The second-order valence-corrected chi connectivity index (χ2v) is 7.46. The van der Waals surface area contributed by atoms with E-state index < -0.39 is 41.4 Å². The van der Waals surface area contributed by atoms with Crippen LogP contribution < -0.4 is 16.2 Å². The Morgan fingerprint density at radius 1 is 1.14 bits per heavy atom. The van der Waals surface area contributed by atoms with Crippen LogP contribution in [0.3, 0.4) is 0 Å². The fraction of sp³-hybridized carbons (Fsp3) is 0.389. The molecule has 10 nitrogen and oxygen atoms in total. The molecule has 5 amide bonds. The molecule has 1 atom stereocenters. The van der Waals surface area contributed by atoms with Gasteiger partial charge in [-0.3, -0.25) is 34.8 Å². The summed E-state index contributed by atoms with van der Waals surface area (Å²) in [5.74, 6) is -2.33. The predicted octanol–water partition coefficient (Wildman–Crippen LogP) is 0.939. The number of carbonyl (C=O) groups excluding carboxylic acids is 5. The third-order valence-electron chi connectivity index (χ3n) is 4.15. The molecule has 10 heteroatoms. The molecule has 0 radical (unpaired) electrons. The lowest BCUT2D eigenvalue weighted by Crippen LogP contribution is -2.54. The minimum atomic E-state index is -1.03. The second-order valence-electron chi connectivity index (χ2n) is 7.46. The number of ether oxygens (including phenoxy) is 1. The monoisotopic (exact) mass is 388 g/mol. The number of imide groups is 2. The molecule has 3 rings (SSSR count). The molecule has 2 heterocycles. The van der Waals surface area contributed by atoms with E-state index in [2.05, 4.69) is 16.2 Å². The Morgan fingerprint density at radius 3 is 2.46 bits per heavy atom. The number of hydrazine groups is 1. The van der Waals surface area contributed by atoms with Crippen LogP contribution >= 0.6 is 0 Å². The number of fused-ring (bicyclic) bond motifs is 1. The molecular weight excluding hydrogens is 368 g/mol. The zero-order valence-electron chi connectivity index (χ0n) is 15.6. The van der Waals surface area contributed by atoms with Crippen molar-refractivity contribution in [3.63, 3.8) is 0 Å². The van der Waals surface area contributed by atoms with Gasteiger partial charge in [0.25, 0.3) is 11.8 Å². The highest BCUT2D eigenvalue weighted by Crippen LogP contribution is 2.29. The van der Waals surface area contributed by atoms with Crippen molar-refractivity contribution < 1.29 is 28.7 Å². The minimum Gasteiger partial charge on any atom is -0.443 e. The van der Waals surface area contributed by atoms with Gasteiger partial charge >= 0.3 is 6.09 Å². The number of piperidine rings is 1. The SMILES string of the molecule is CC(C)(C)OC(=O)NNc1ccc2c(c1)C(=O)N(C1CCC(=O)NC1=O)C2=O. The van der Waals surface area contributed by atoms with Crippen molar-refractivity contribution >= 4 is 35.4 Å². The van der Waals surface area contributed by atoms with Gasteiger partial charge in [0, 0.05) is 6.42 Å². The molecule has 0 bridgehead atoms. The molecule has 0 aromatic heterocycles. The standard InChI is InChI=1S/C18H20N4O6/c1-18(2,3)28-17(27)21-20-9-4-5-10-11(8-9)16(26)22(15(10)25)12-6-7-13(23)19-14(12)24/h4-5,8,12,20H,6-7H2,1-3H3,(H,21,27)(H,19,23,24). The van der Waals surface area contributed by atoms with Crippen LogP contribution in [-0.4, -0.2) is 46.3 Å². The van der Waals surface area contributed by atoms with Crippen molar-refractivity contribution in [3.8, 4) is 0 Å². The molecule has 0 aliphatic carbocycles. The highest BCUT2D eigenvalue weighted by atomic mass is 16.6. The van der Waals surface area contributed by atoms with Gasteiger partial charge in [-0.25, -0.2) is 10.2 Å². The molecule has 1 aromatic rings. The molecule has 148 valence electrons. The number of hydrogen-bond donors (Lipinski definition) is 3. The molecule has 2 aliphatic rings. The van der Waals surface area contributed by atoms with Crippen molar-refractivity contribution in [2.24, 2.45) is 0 Å². The highest BCUT2D eigenvalue weighted by Gasteiger charge is 2.44. The Hall–Kier alpha value is -3.43. The van der Waals surface area contributed by atoms with E-state index >= 15 is 0 Å². The van der Waals surface area contributed by atoms with Crippen LogP contribution in [0.4, 0.5) is 10.5 Å². The smallest absolute Gasteiger partial charge is 0.426 e. The topological polar surface area (TPSA) is 134 Å². The number of anilines is 1. The van der Waals surface area contributed by atoms with E-state index in [9.17, 15) is 24.0 Å². The first-order valence-electron chi connectivity index (χ1n) is 8.67. The van der Waals surface area contributed by atoms with E-state index in [0.29, 0.717) is 5.69 Å². The van der Waals surface area contributed by atoms with Gasteiger partial charge in [-0.2, -0.15) is 0 Å². The predicted molar refractivity (Wildman–Crippen MR) is 96.1 cm³/mol. The van der Waals surface area contributed by atoms with Gasteiger partial charge in [-0.05, 0) is 45.4 Å². The zero-order chi connectivity index (χ0) is 20.6. The van der Waals surface area contributed by atoms with E-state index in [1.807, 2.05) is 0 Å². The first kappa shape index (κ1) is 19.3. The van der Waals surface area contributed by atoms with Crippen LogP contribution in [-0.2, 0) is 14.3 Å². The van der Waals surface area contributed by atoms with Gasteiger partial charge in [-0.1, -0.05) is 0 Å². The molecule has 3 N–H and O–H groups in total. The summed E-state index contributed by atoms with van der Waals surface area (Å²) in [4.78, 5) is 61.2. The summed E-state index contributed by atoms with van der Waals surface area (Å²) in [5, 5.41) is 2.14. The Morgan fingerprint density at radius 2 is 1.82 bits per heavy atom. The Labute approximate surface area is 160 Å². The molecule has 2 aliphatic heterocycles. The van der Waals surface area contributed by atoms with Crippen LogP contribution in [0.1, 0.15) is 54.3 Å². The number of amides is 5. The van der Waals surface area contributed by atoms with Gasteiger partial charge < -0.3 is 4.74 Å². The van der Waals surface area contributed by atoms with E-state index in [1.54, 1.807) is 20.8 Å². The fourth-order valence-corrected chi connectivity index (χ4v) is 2.98. The number of nitrogens with one attached hydrogen (secondary N) is 3. The molecule has 1 fully saturated rings. The van der Waals surface area contributed by atoms with Crippen LogP contribution in [0.25, 0.3) is 0 Å².